The molecule has 22 heavy (non-hydrogen) atoms. The van der Waals surface area contributed by atoms with Gasteiger partial charge in [0.1, 0.15) is 5.78 Å². The number of rotatable bonds is 5. The van der Waals surface area contributed by atoms with Gasteiger partial charge in [0.15, 0.2) is 8.32 Å². The van der Waals surface area contributed by atoms with E-state index < -0.39 is 8.32 Å². The van der Waals surface area contributed by atoms with Crippen molar-refractivity contribution >= 4 is 14.1 Å². The number of carbonyl (C=O) groups is 1. The zero-order valence-corrected chi connectivity index (χ0v) is 16.6. The van der Waals surface area contributed by atoms with Gasteiger partial charge >= 0.3 is 0 Å². The molecule has 0 aromatic carbocycles. The van der Waals surface area contributed by atoms with Crippen LogP contribution in [0.25, 0.3) is 0 Å². The minimum atomic E-state index is -1.54. The largest absolute Gasteiger partial charge is 0.413 e. The highest BCUT2D eigenvalue weighted by Gasteiger charge is 2.48. The summed E-state index contributed by atoms with van der Waals surface area (Å²) in [6.07, 6.45) is 7.41. The minimum Gasteiger partial charge on any atom is -0.413 e. The molecule has 0 unspecified atom stereocenters. The number of ketones is 1. The number of Topliss-reactive ketones (excluding diaryl/α,β-unsaturated/α-hetero) is 1. The summed E-state index contributed by atoms with van der Waals surface area (Å²) >= 11 is 0. The fraction of sp³-hybridized carbons (Fsp3) is 0.842. The second kappa shape index (κ2) is 5.90. The van der Waals surface area contributed by atoms with Crippen molar-refractivity contribution in [2.24, 2.45) is 17.3 Å². The van der Waals surface area contributed by atoms with Gasteiger partial charge in [-0.05, 0) is 70.5 Å². The van der Waals surface area contributed by atoms with E-state index in [9.17, 15) is 4.79 Å². The van der Waals surface area contributed by atoms with Crippen LogP contribution in [0.5, 0.6) is 0 Å². The van der Waals surface area contributed by atoms with Gasteiger partial charge in [0.2, 0.25) is 0 Å². The maximum atomic E-state index is 12.3. The molecule has 0 saturated heterocycles. The van der Waals surface area contributed by atoms with Crippen LogP contribution in [-0.4, -0.2) is 19.7 Å². The van der Waals surface area contributed by atoms with Gasteiger partial charge in [-0.2, -0.15) is 0 Å². The highest BCUT2D eigenvalue weighted by Crippen LogP contribution is 2.54. The number of hydrogen-bond acceptors (Lipinski definition) is 2. The zero-order chi connectivity index (χ0) is 16.8. The van der Waals surface area contributed by atoms with Crippen molar-refractivity contribution in [3.8, 4) is 0 Å². The summed E-state index contributed by atoms with van der Waals surface area (Å²) in [5, 5.41) is 0. The first kappa shape index (κ1) is 17.9. The van der Waals surface area contributed by atoms with E-state index in [4.69, 9.17) is 4.43 Å². The lowest BCUT2D eigenvalue weighted by Crippen LogP contribution is -2.41. The molecule has 2 rings (SSSR count). The molecule has 0 radical (unpaired) electrons. The Hall–Kier alpha value is -0.413. The van der Waals surface area contributed by atoms with Crippen LogP contribution >= 0.6 is 0 Å². The molecular formula is C19H34O2Si. The molecule has 2 aliphatic rings. The van der Waals surface area contributed by atoms with E-state index >= 15 is 0 Å². The molecular weight excluding hydrogens is 288 g/mol. The van der Waals surface area contributed by atoms with Crippen molar-refractivity contribution in [2.75, 3.05) is 0 Å². The van der Waals surface area contributed by atoms with Gasteiger partial charge < -0.3 is 4.43 Å². The second-order valence-electron chi connectivity index (χ2n) is 9.26. The number of hydrogen-bond donors (Lipinski definition) is 0. The lowest BCUT2D eigenvalue weighted by atomic mass is 9.63. The molecule has 1 fully saturated rings. The second-order valence-corrected chi connectivity index (χ2v) is 13.7. The lowest BCUT2D eigenvalue weighted by molar-refractivity contribution is -0.128. The first-order chi connectivity index (χ1) is 9.95. The third kappa shape index (κ3) is 3.73. The van der Waals surface area contributed by atoms with Crippen LogP contribution in [0, 0.1) is 17.3 Å². The van der Waals surface area contributed by atoms with Gasteiger partial charge in [-0.3, -0.25) is 4.79 Å². The van der Waals surface area contributed by atoms with Gasteiger partial charge in [0.05, 0.1) is 5.60 Å². The molecule has 0 aliphatic heterocycles. The van der Waals surface area contributed by atoms with Gasteiger partial charge in [-0.1, -0.05) is 25.5 Å². The SMILES string of the molecule is C[C@H](CC(C)(C)O[Si](C)(C)C)C1=CC[C@H]2C(=O)CCC[C@]12C. The highest BCUT2D eigenvalue weighted by atomic mass is 28.4. The van der Waals surface area contributed by atoms with Crippen molar-refractivity contribution in [3.63, 3.8) is 0 Å². The van der Waals surface area contributed by atoms with E-state index in [0.717, 1.165) is 25.7 Å². The summed E-state index contributed by atoms with van der Waals surface area (Å²) in [6, 6.07) is 0. The summed E-state index contributed by atoms with van der Waals surface area (Å²) < 4.78 is 6.39. The molecule has 1 saturated carbocycles. The van der Waals surface area contributed by atoms with Crippen LogP contribution < -0.4 is 0 Å². The third-order valence-electron chi connectivity index (χ3n) is 5.42. The maximum Gasteiger partial charge on any atom is 0.184 e. The van der Waals surface area contributed by atoms with Crippen LogP contribution in [-0.2, 0) is 9.22 Å². The van der Waals surface area contributed by atoms with Crippen LogP contribution in [0.1, 0.15) is 59.8 Å². The standard InChI is InChI=1S/C19H34O2Si/c1-14(13-18(2,3)21-22(5,6)7)15-10-11-16-17(20)9-8-12-19(15,16)4/h10,14,16H,8-9,11-13H2,1-7H3/t14-,16+,19-/m1/s1. The Labute approximate surface area is 137 Å². The number of fused-ring (bicyclic) bond motifs is 1. The molecule has 0 bridgehead atoms. The summed E-state index contributed by atoms with van der Waals surface area (Å²) in [5.41, 5.74) is 1.56. The predicted octanol–water partition coefficient (Wildman–Crippen LogP) is 5.35. The zero-order valence-electron chi connectivity index (χ0n) is 15.6. The van der Waals surface area contributed by atoms with Crippen molar-refractivity contribution < 1.29 is 9.22 Å². The van der Waals surface area contributed by atoms with E-state index in [-0.39, 0.29) is 16.9 Å². The first-order valence-electron chi connectivity index (χ1n) is 8.88. The Morgan fingerprint density at radius 1 is 1.41 bits per heavy atom. The van der Waals surface area contributed by atoms with Gasteiger partial charge in [-0.15, -0.1) is 0 Å². The Balaban J connectivity index is 2.10. The summed E-state index contributed by atoms with van der Waals surface area (Å²) in [6.45, 7) is 15.9. The monoisotopic (exact) mass is 322 g/mol. The predicted molar refractivity (Wildman–Crippen MR) is 95.4 cm³/mol. The van der Waals surface area contributed by atoms with Crippen LogP contribution in [0.2, 0.25) is 19.6 Å². The van der Waals surface area contributed by atoms with Crippen molar-refractivity contribution in [1.29, 1.82) is 0 Å². The van der Waals surface area contributed by atoms with Gasteiger partial charge in [0.25, 0.3) is 0 Å². The topological polar surface area (TPSA) is 26.3 Å². The fourth-order valence-electron chi connectivity index (χ4n) is 5.03. The van der Waals surface area contributed by atoms with Crippen LogP contribution in [0.3, 0.4) is 0 Å². The molecule has 0 spiro atoms. The van der Waals surface area contributed by atoms with Crippen LogP contribution in [0.15, 0.2) is 11.6 Å². The molecule has 2 aliphatic carbocycles. The van der Waals surface area contributed by atoms with Crippen molar-refractivity contribution in [3.05, 3.63) is 11.6 Å². The lowest BCUT2D eigenvalue weighted by Gasteiger charge is -2.42. The van der Waals surface area contributed by atoms with Crippen molar-refractivity contribution in [1.82, 2.24) is 0 Å². The fourth-order valence-corrected chi connectivity index (χ4v) is 6.77. The Morgan fingerprint density at radius 2 is 2.05 bits per heavy atom. The molecule has 0 aromatic rings. The van der Waals surface area contributed by atoms with E-state index in [1.807, 2.05) is 0 Å². The Bertz CT molecular complexity index is 472. The average Bonchev–Trinajstić information content (AvgIpc) is 2.63. The number of carbonyl (C=O) groups excluding carboxylic acids is 1. The van der Waals surface area contributed by atoms with Gasteiger partial charge in [-0.25, -0.2) is 0 Å². The third-order valence-corrected chi connectivity index (χ3v) is 6.59. The highest BCUT2D eigenvalue weighted by molar-refractivity contribution is 6.69. The Kier molecular flexibility index (Phi) is 4.81. The minimum absolute atomic E-state index is 0.0855. The van der Waals surface area contributed by atoms with E-state index in [0.29, 0.717) is 11.7 Å². The smallest absolute Gasteiger partial charge is 0.184 e. The quantitative estimate of drug-likeness (QED) is 0.504. The number of allylic oxidation sites excluding steroid dienone is 2. The summed E-state index contributed by atoms with van der Waals surface area (Å²) in [5.74, 6) is 1.23. The molecule has 0 aromatic heterocycles. The maximum absolute atomic E-state index is 12.3. The van der Waals surface area contributed by atoms with E-state index in [1.165, 1.54) is 12.0 Å². The molecule has 0 heterocycles. The molecule has 0 N–H and O–H groups in total. The summed E-state index contributed by atoms with van der Waals surface area (Å²) in [4.78, 5) is 12.3. The first-order valence-corrected chi connectivity index (χ1v) is 12.3. The normalized spacial score (nSPS) is 31.0. The van der Waals surface area contributed by atoms with E-state index in [2.05, 4.69) is 53.4 Å². The molecule has 3 heteroatoms. The summed E-state index contributed by atoms with van der Waals surface area (Å²) in [7, 11) is -1.54. The molecule has 0 amide bonds. The van der Waals surface area contributed by atoms with Crippen LogP contribution in [0.4, 0.5) is 0 Å². The molecule has 126 valence electrons. The van der Waals surface area contributed by atoms with Gasteiger partial charge in [0, 0.05) is 12.3 Å². The molecule has 2 nitrogen and oxygen atoms in total. The Morgan fingerprint density at radius 3 is 2.64 bits per heavy atom. The average molecular weight is 323 g/mol. The molecule has 3 atom stereocenters. The van der Waals surface area contributed by atoms with Crippen molar-refractivity contribution in [2.45, 2.75) is 85.0 Å². The van der Waals surface area contributed by atoms with E-state index in [1.54, 1.807) is 0 Å².